The summed E-state index contributed by atoms with van der Waals surface area (Å²) in [6.07, 6.45) is 1.59. The molecule has 0 bridgehead atoms. The van der Waals surface area contributed by atoms with Gasteiger partial charge < -0.3 is 5.11 Å². The first kappa shape index (κ1) is 15.6. The van der Waals surface area contributed by atoms with Gasteiger partial charge in [0, 0.05) is 6.54 Å². The predicted octanol–water partition coefficient (Wildman–Crippen LogP) is 2.83. The summed E-state index contributed by atoms with van der Waals surface area (Å²) in [5, 5.41) is 9.13. The first-order valence-electron chi connectivity index (χ1n) is 7.36. The molecule has 0 unspecified atom stereocenters. The molecule has 0 fully saturated rings. The lowest BCUT2D eigenvalue weighted by Gasteiger charge is -2.31. The molecule has 2 aromatic rings. The lowest BCUT2D eigenvalue weighted by atomic mass is 10.0. The van der Waals surface area contributed by atoms with Gasteiger partial charge in [-0.05, 0) is 49.1 Å². The molecule has 0 radical (unpaired) electrons. The van der Waals surface area contributed by atoms with Gasteiger partial charge in [0.2, 0.25) is 0 Å². The van der Waals surface area contributed by atoms with E-state index >= 15 is 0 Å². The van der Waals surface area contributed by atoms with Crippen LogP contribution in [0.1, 0.15) is 27.9 Å². The van der Waals surface area contributed by atoms with Crippen molar-refractivity contribution in [1.82, 2.24) is 0 Å². The zero-order chi connectivity index (χ0) is 16.6. The monoisotopic (exact) mass is 331 g/mol. The van der Waals surface area contributed by atoms with Crippen LogP contribution in [0, 0.1) is 6.92 Å². The maximum absolute atomic E-state index is 13.1. The van der Waals surface area contributed by atoms with Gasteiger partial charge in [0.25, 0.3) is 10.0 Å². The molecular formula is C17H17NO4S. The Balaban J connectivity index is 2.14. The molecule has 0 aromatic heterocycles. The number of hydrogen-bond donors (Lipinski definition) is 1. The van der Waals surface area contributed by atoms with Crippen LogP contribution < -0.4 is 4.31 Å². The molecule has 0 amide bonds. The molecule has 23 heavy (non-hydrogen) atoms. The van der Waals surface area contributed by atoms with Crippen LogP contribution in [0.2, 0.25) is 0 Å². The Kier molecular flexibility index (Phi) is 3.85. The van der Waals surface area contributed by atoms with Crippen LogP contribution in [-0.4, -0.2) is 26.0 Å². The Hall–Kier alpha value is -2.34. The summed E-state index contributed by atoms with van der Waals surface area (Å²) < 4.78 is 27.5. The van der Waals surface area contributed by atoms with Crippen LogP contribution in [0.5, 0.6) is 0 Å². The number of anilines is 1. The normalized spacial score (nSPS) is 14.4. The van der Waals surface area contributed by atoms with Crippen LogP contribution in [0.4, 0.5) is 5.69 Å². The van der Waals surface area contributed by atoms with Crippen LogP contribution in [0.25, 0.3) is 0 Å². The molecule has 1 N–H and O–H groups in total. The lowest BCUT2D eigenvalue weighted by Crippen LogP contribution is -2.35. The van der Waals surface area contributed by atoms with Crippen molar-refractivity contribution in [2.45, 2.75) is 24.7 Å². The lowest BCUT2D eigenvalue weighted by molar-refractivity contribution is 0.0696. The standard InChI is InChI=1S/C17H17NO4S/c1-12-8-9-14(17(19)20)11-16(12)23(21,22)18-10-4-6-13-5-2-3-7-15(13)18/h2-3,5,7-9,11H,4,6,10H2,1H3,(H,19,20). The smallest absolute Gasteiger partial charge is 0.335 e. The third-order valence-corrected chi connectivity index (χ3v) is 6.03. The van der Waals surface area contributed by atoms with Crippen molar-refractivity contribution in [2.24, 2.45) is 0 Å². The molecule has 0 aliphatic carbocycles. The Bertz CT molecular complexity index is 874. The first-order chi connectivity index (χ1) is 10.9. The highest BCUT2D eigenvalue weighted by Crippen LogP contribution is 2.32. The Morgan fingerprint density at radius 1 is 1.17 bits per heavy atom. The largest absolute Gasteiger partial charge is 0.478 e. The summed E-state index contributed by atoms with van der Waals surface area (Å²) >= 11 is 0. The maximum Gasteiger partial charge on any atom is 0.335 e. The third-order valence-electron chi connectivity index (χ3n) is 4.07. The number of para-hydroxylation sites is 1. The van der Waals surface area contributed by atoms with E-state index in [0.29, 0.717) is 17.8 Å². The fourth-order valence-corrected chi connectivity index (χ4v) is 4.67. The second-order valence-electron chi connectivity index (χ2n) is 5.59. The molecule has 2 aromatic carbocycles. The molecule has 6 heteroatoms. The molecule has 3 rings (SSSR count). The van der Waals surface area contributed by atoms with Gasteiger partial charge in [-0.2, -0.15) is 0 Å². The molecule has 1 heterocycles. The molecule has 1 aliphatic rings. The SMILES string of the molecule is Cc1ccc(C(=O)O)cc1S(=O)(=O)N1CCCc2ccccc21. The van der Waals surface area contributed by atoms with E-state index in [1.54, 1.807) is 13.0 Å². The number of sulfonamides is 1. The zero-order valence-electron chi connectivity index (χ0n) is 12.7. The maximum atomic E-state index is 13.1. The summed E-state index contributed by atoms with van der Waals surface area (Å²) in [5.74, 6) is -1.14. The number of carbonyl (C=O) groups is 1. The van der Waals surface area contributed by atoms with Crippen molar-refractivity contribution >= 4 is 21.7 Å². The van der Waals surface area contributed by atoms with Gasteiger partial charge in [0.05, 0.1) is 16.1 Å². The van der Waals surface area contributed by atoms with Gasteiger partial charge in [-0.1, -0.05) is 24.3 Å². The number of aryl methyl sites for hydroxylation is 2. The summed E-state index contributed by atoms with van der Waals surface area (Å²) in [7, 11) is -3.79. The van der Waals surface area contributed by atoms with E-state index in [1.165, 1.54) is 22.5 Å². The van der Waals surface area contributed by atoms with Gasteiger partial charge in [-0.3, -0.25) is 4.31 Å². The van der Waals surface area contributed by atoms with Crippen molar-refractivity contribution in [3.8, 4) is 0 Å². The van der Waals surface area contributed by atoms with E-state index in [1.807, 2.05) is 18.2 Å². The van der Waals surface area contributed by atoms with Gasteiger partial charge >= 0.3 is 5.97 Å². The molecule has 0 saturated heterocycles. The van der Waals surface area contributed by atoms with E-state index in [-0.39, 0.29) is 10.5 Å². The van der Waals surface area contributed by atoms with Gasteiger partial charge in [-0.25, -0.2) is 13.2 Å². The summed E-state index contributed by atoms with van der Waals surface area (Å²) in [6.45, 7) is 2.07. The van der Waals surface area contributed by atoms with Crippen molar-refractivity contribution in [3.63, 3.8) is 0 Å². The van der Waals surface area contributed by atoms with E-state index in [0.717, 1.165) is 18.4 Å². The number of hydrogen-bond acceptors (Lipinski definition) is 3. The fraction of sp³-hybridized carbons (Fsp3) is 0.235. The number of carboxylic acid groups (broad SMARTS) is 1. The fourth-order valence-electron chi connectivity index (χ4n) is 2.88. The molecule has 0 atom stereocenters. The molecule has 1 aliphatic heterocycles. The number of aromatic carboxylic acids is 1. The van der Waals surface area contributed by atoms with Crippen LogP contribution in [0.3, 0.4) is 0 Å². The Morgan fingerprint density at radius 3 is 2.65 bits per heavy atom. The minimum absolute atomic E-state index is 0.0283. The minimum Gasteiger partial charge on any atom is -0.478 e. The van der Waals surface area contributed by atoms with Crippen molar-refractivity contribution in [2.75, 3.05) is 10.8 Å². The van der Waals surface area contributed by atoms with Crippen LogP contribution in [-0.2, 0) is 16.4 Å². The van der Waals surface area contributed by atoms with Crippen LogP contribution >= 0.6 is 0 Å². The molecular weight excluding hydrogens is 314 g/mol. The number of carboxylic acids is 1. The molecule has 120 valence electrons. The topological polar surface area (TPSA) is 74.7 Å². The van der Waals surface area contributed by atoms with Crippen molar-refractivity contribution in [1.29, 1.82) is 0 Å². The first-order valence-corrected chi connectivity index (χ1v) is 8.80. The van der Waals surface area contributed by atoms with Crippen LogP contribution in [0.15, 0.2) is 47.4 Å². The second kappa shape index (κ2) is 5.70. The highest BCUT2D eigenvalue weighted by Gasteiger charge is 2.30. The van der Waals surface area contributed by atoms with Gasteiger partial charge in [-0.15, -0.1) is 0 Å². The van der Waals surface area contributed by atoms with Gasteiger partial charge in [0.15, 0.2) is 0 Å². The predicted molar refractivity (Wildman–Crippen MR) is 87.4 cm³/mol. The van der Waals surface area contributed by atoms with Crippen molar-refractivity contribution in [3.05, 3.63) is 59.2 Å². The second-order valence-corrected chi connectivity index (χ2v) is 7.43. The average molecular weight is 331 g/mol. The summed E-state index contributed by atoms with van der Waals surface area (Å²) in [6, 6.07) is 11.6. The van der Waals surface area contributed by atoms with E-state index in [4.69, 9.17) is 5.11 Å². The van der Waals surface area contributed by atoms with E-state index in [9.17, 15) is 13.2 Å². The van der Waals surface area contributed by atoms with Gasteiger partial charge in [0.1, 0.15) is 0 Å². The number of rotatable bonds is 3. The third kappa shape index (κ3) is 2.70. The Labute approximate surface area is 135 Å². The molecule has 0 spiro atoms. The highest BCUT2D eigenvalue weighted by atomic mass is 32.2. The quantitative estimate of drug-likeness (QED) is 0.938. The zero-order valence-corrected chi connectivity index (χ0v) is 13.5. The number of benzene rings is 2. The summed E-state index contributed by atoms with van der Waals surface area (Å²) in [4.78, 5) is 11.2. The molecule has 5 nitrogen and oxygen atoms in total. The van der Waals surface area contributed by atoms with E-state index in [2.05, 4.69) is 0 Å². The minimum atomic E-state index is -3.79. The highest BCUT2D eigenvalue weighted by molar-refractivity contribution is 7.92. The molecule has 0 saturated carbocycles. The van der Waals surface area contributed by atoms with E-state index < -0.39 is 16.0 Å². The van der Waals surface area contributed by atoms with Crippen molar-refractivity contribution < 1.29 is 18.3 Å². The average Bonchev–Trinajstić information content (AvgIpc) is 2.54. The Morgan fingerprint density at radius 2 is 1.91 bits per heavy atom. The number of fused-ring (bicyclic) bond motifs is 1. The summed E-state index contributed by atoms with van der Waals surface area (Å²) in [5.41, 5.74) is 2.19. The number of nitrogens with zero attached hydrogens (tertiary/aromatic N) is 1.